The molecule has 2 nitrogen and oxygen atoms in total. The fourth-order valence-corrected chi connectivity index (χ4v) is 0.688. The largest absolute Gasteiger partial charge is 0.463 e. The molecule has 0 aliphatic heterocycles. The first-order chi connectivity index (χ1) is 5.20. The van der Waals surface area contributed by atoms with Gasteiger partial charge in [0, 0.05) is 6.42 Å². The molecule has 0 heterocycles. The van der Waals surface area contributed by atoms with Crippen molar-refractivity contribution < 1.29 is 9.53 Å². The topological polar surface area (TPSA) is 26.3 Å². The molecule has 0 aromatic rings. The molecule has 0 fully saturated rings. The lowest BCUT2D eigenvalue weighted by atomic mass is 10.2. The minimum absolute atomic E-state index is 0.0544. The lowest BCUT2D eigenvalue weighted by Crippen LogP contribution is -2.13. The number of ether oxygens (including phenoxy) is 1. The smallest absolute Gasteiger partial charge is 0.306 e. The third-order valence-electron chi connectivity index (χ3n) is 1.64. The summed E-state index contributed by atoms with van der Waals surface area (Å²) in [5.74, 6) is -0.0544. The number of rotatable bonds is 5. The number of hydrogen-bond acceptors (Lipinski definition) is 2. The van der Waals surface area contributed by atoms with E-state index >= 15 is 0 Å². The van der Waals surface area contributed by atoms with Crippen LogP contribution in [0.1, 0.15) is 46.5 Å². The normalized spacial score (nSPS) is 12.6. The van der Waals surface area contributed by atoms with Gasteiger partial charge in [-0.05, 0) is 19.8 Å². The zero-order chi connectivity index (χ0) is 8.69. The van der Waals surface area contributed by atoms with E-state index in [1.807, 2.05) is 13.8 Å². The second-order valence-electron chi connectivity index (χ2n) is 2.81. The van der Waals surface area contributed by atoms with Gasteiger partial charge in [-0.25, -0.2) is 0 Å². The van der Waals surface area contributed by atoms with Gasteiger partial charge < -0.3 is 4.74 Å². The molecular formula is C9H18O2. The molecule has 0 aliphatic carbocycles. The molecule has 0 unspecified atom stereocenters. The monoisotopic (exact) mass is 158 g/mol. The van der Waals surface area contributed by atoms with Crippen molar-refractivity contribution >= 4 is 5.97 Å². The average Bonchev–Trinajstić information content (AvgIpc) is 2.00. The SMILES string of the molecule is CCCCC(=O)O[C@H](C)CC. The lowest BCUT2D eigenvalue weighted by Gasteiger charge is -2.09. The molecule has 0 saturated carbocycles. The molecule has 0 spiro atoms. The van der Waals surface area contributed by atoms with Gasteiger partial charge >= 0.3 is 5.97 Å². The summed E-state index contributed by atoms with van der Waals surface area (Å²) in [6.07, 6.45) is 3.54. The van der Waals surface area contributed by atoms with Crippen LogP contribution in [0.5, 0.6) is 0 Å². The standard InChI is InChI=1S/C9H18O2/c1-4-6-7-9(10)11-8(3)5-2/h8H,4-7H2,1-3H3/t8-/m1/s1. The molecule has 0 aliphatic rings. The quantitative estimate of drug-likeness (QED) is 0.575. The summed E-state index contributed by atoms with van der Waals surface area (Å²) in [6.45, 7) is 6.00. The Morgan fingerprint density at radius 2 is 2.09 bits per heavy atom. The summed E-state index contributed by atoms with van der Waals surface area (Å²) in [4.78, 5) is 10.9. The molecule has 0 radical (unpaired) electrons. The van der Waals surface area contributed by atoms with Crippen LogP contribution in [-0.2, 0) is 9.53 Å². The second-order valence-corrected chi connectivity index (χ2v) is 2.81. The predicted octanol–water partition coefficient (Wildman–Crippen LogP) is 2.52. The van der Waals surface area contributed by atoms with E-state index in [0.717, 1.165) is 19.3 Å². The Labute approximate surface area is 68.9 Å². The Balaban J connectivity index is 3.36. The first kappa shape index (κ1) is 10.5. The van der Waals surface area contributed by atoms with E-state index < -0.39 is 0 Å². The van der Waals surface area contributed by atoms with Gasteiger partial charge in [-0.15, -0.1) is 0 Å². The number of carbonyl (C=O) groups is 1. The maximum Gasteiger partial charge on any atom is 0.306 e. The summed E-state index contributed by atoms with van der Waals surface area (Å²) >= 11 is 0. The van der Waals surface area contributed by atoms with Crippen molar-refractivity contribution in [3.8, 4) is 0 Å². The van der Waals surface area contributed by atoms with Crippen LogP contribution in [0, 0.1) is 0 Å². The number of carbonyl (C=O) groups excluding carboxylic acids is 1. The van der Waals surface area contributed by atoms with Crippen molar-refractivity contribution in [2.45, 2.75) is 52.6 Å². The van der Waals surface area contributed by atoms with Gasteiger partial charge in [0.15, 0.2) is 0 Å². The van der Waals surface area contributed by atoms with E-state index in [9.17, 15) is 4.79 Å². The first-order valence-electron chi connectivity index (χ1n) is 4.40. The highest BCUT2D eigenvalue weighted by Crippen LogP contribution is 2.01. The van der Waals surface area contributed by atoms with Crippen LogP contribution >= 0.6 is 0 Å². The third-order valence-corrected chi connectivity index (χ3v) is 1.64. The van der Waals surface area contributed by atoms with E-state index in [1.54, 1.807) is 0 Å². The highest BCUT2D eigenvalue weighted by Gasteiger charge is 2.05. The highest BCUT2D eigenvalue weighted by atomic mass is 16.5. The molecule has 0 amide bonds. The van der Waals surface area contributed by atoms with Gasteiger partial charge in [0.2, 0.25) is 0 Å². The average molecular weight is 158 g/mol. The highest BCUT2D eigenvalue weighted by molar-refractivity contribution is 5.69. The molecular weight excluding hydrogens is 140 g/mol. The zero-order valence-corrected chi connectivity index (χ0v) is 7.72. The van der Waals surface area contributed by atoms with Crippen molar-refractivity contribution in [3.05, 3.63) is 0 Å². The second kappa shape index (κ2) is 6.20. The summed E-state index contributed by atoms with van der Waals surface area (Å²) in [5.41, 5.74) is 0. The Bertz CT molecular complexity index is 110. The van der Waals surface area contributed by atoms with E-state index in [-0.39, 0.29) is 12.1 Å². The van der Waals surface area contributed by atoms with E-state index in [0.29, 0.717) is 6.42 Å². The Kier molecular flexibility index (Phi) is 5.90. The number of esters is 1. The van der Waals surface area contributed by atoms with Crippen molar-refractivity contribution in [1.82, 2.24) is 0 Å². The molecule has 0 rings (SSSR count). The number of hydrogen-bond donors (Lipinski definition) is 0. The van der Waals surface area contributed by atoms with Crippen LogP contribution < -0.4 is 0 Å². The molecule has 2 heteroatoms. The fourth-order valence-electron chi connectivity index (χ4n) is 0.688. The minimum Gasteiger partial charge on any atom is -0.463 e. The first-order valence-corrected chi connectivity index (χ1v) is 4.40. The maximum absolute atomic E-state index is 10.9. The summed E-state index contributed by atoms with van der Waals surface area (Å²) in [6, 6.07) is 0. The molecule has 0 saturated heterocycles. The molecule has 1 atom stereocenters. The molecule has 66 valence electrons. The zero-order valence-electron chi connectivity index (χ0n) is 7.72. The fraction of sp³-hybridized carbons (Fsp3) is 0.889. The molecule has 0 N–H and O–H groups in total. The lowest BCUT2D eigenvalue weighted by molar-refractivity contribution is -0.148. The van der Waals surface area contributed by atoms with Gasteiger partial charge in [0.25, 0.3) is 0 Å². The van der Waals surface area contributed by atoms with Crippen LogP contribution in [0.4, 0.5) is 0 Å². The molecule has 11 heavy (non-hydrogen) atoms. The van der Waals surface area contributed by atoms with Crippen LogP contribution in [0.25, 0.3) is 0 Å². The summed E-state index contributed by atoms with van der Waals surface area (Å²) in [5, 5.41) is 0. The Morgan fingerprint density at radius 3 is 2.55 bits per heavy atom. The Morgan fingerprint density at radius 1 is 1.45 bits per heavy atom. The molecule has 0 aromatic carbocycles. The van der Waals surface area contributed by atoms with E-state index in [1.165, 1.54) is 0 Å². The van der Waals surface area contributed by atoms with Crippen LogP contribution in [-0.4, -0.2) is 12.1 Å². The van der Waals surface area contributed by atoms with Gasteiger partial charge in [0.05, 0.1) is 6.10 Å². The maximum atomic E-state index is 10.9. The van der Waals surface area contributed by atoms with Crippen molar-refractivity contribution in [1.29, 1.82) is 0 Å². The van der Waals surface area contributed by atoms with Crippen LogP contribution in [0.2, 0.25) is 0 Å². The van der Waals surface area contributed by atoms with Gasteiger partial charge in [0.1, 0.15) is 0 Å². The third kappa shape index (κ3) is 5.89. The van der Waals surface area contributed by atoms with Crippen LogP contribution in [0.3, 0.4) is 0 Å². The molecule has 0 aromatic heterocycles. The predicted molar refractivity (Wildman–Crippen MR) is 45.4 cm³/mol. The van der Waals surface area contributed by atoms with Gasteiger partial charge in [-0.2, -0.15) is 0 Å². The van der Waals surface area contributed by atoms with E-state index in [4.69, 9.17) is 4.74 Å². The Hall–Kier alpha value is -0.530. The summed E-state index contributed by atoms with van der Waals surface area (Å²) < 4.78 is 5.06. The van der Waals surface area contributed by atoms with Gasteiger partial charge in [-0.3, -0.25) is 4.79 Å². The van der Waals surface area contributed by atoms with Crippen molar-refractivity contribution in [3.63, 3.8) is 0 Å². The number of unbranched alkanes of at least 4 members (excludes halogenated alkanes) is 1. The van der Waals surface area contributed by atoms with Crippen molar-refractivity contribution in [2.24, 2.45) is 0 Å². The van der Waals surface area contributed by atoms with Crippen LogP contribution in [0.15, 0.2) is 0 Å². The van der Waals surface area contributed by atoms with Gasteiger partial charge in [-0.1, -0.05) is 20.3 Å². The summed E-state index contributed by atoms with van der Waals surface area (Å²) in [7, 11) is 0. The van der Waals surface area contributed by atoms with E-state index in [2.05, 4.69) is 6.92 Å². The molecule has 0 bridgehead atoms. The minimum atomic E-state index is -0.0544. The van der Waals surface area contributed by atoms with Crippen molar-refractivity contribution in [2.75, 3.05) is 0 Å².